The molecule has 1 atom stereocenters. The third kappa shape index (κ3) is 9.05. The molecule has 0 aromatic carbocycles. The zero-order valence-corrected chi connectivity index (χ0v) is 8.80. The molecule has 0 spiro atoms. The first-order valence-electron chi connectivity index (χ1n) is 5.17. The number of hydrogen-bond donors (Lipinski definition) is 2. The van der Waals surface area contributed by atoms with Gasteiger partial charge < -0.3 is 10.8 Å². The molecule has 86 valence electrons. The summed E-state index contributed by atoms with van der Waals surface area (Å²) in [4.78, 5) is 13.0. The van der Waals surface area contributed by atoms with E-state index in [1.165, 1.54) is 0 Å². The average molecular weight is 214 g/mol. The van der Waals surface area contributed by atoms with E-state index in [1.807, 2.05) is 0 Å². The molecule has 0 aliphatic carbocycles. The number of carbonyl (C=O) groups is 1. The Bertz CT molecular complexity index is 226. The number of carboxylic acid groups (broad SMARTS) is 1. The predicted molar refractivity (Wildman–Crippen MR) is 57.3 cm³/mol. The van der Waals surface area contributed by atoms with Crippen LogP contribution >= 0.6 is 0 Å². The second-order valence-corrected chi connectivity index (χ2v) is 3.46. The second kappa shape index (κ2) is 9.30. The molecular weight excluding hydrogens is 196 g/mol. The van der Waals surface area contributed by atoms with E-state index in [-0.39, 0.29) is 0 Å². The summed E-state index contributed by atoms with van der Waals surface area (Å²) in [6.07, 6.45) is 5.31. The molecule has 0 saturated heterocycles. The van der Waals surface area contributed by atoms with Crippen LogP contribution in [0.15, 0.2) is 5.11 Å². The van der Waals surface area contributed by atoms with Gasteiger partial charge in [-0.25, -0.2) is 0 Å². The summed E-state index contributed by atoms with van der Waals surface area (Å²) in [6.45, 7) is 0.547. The summed E-state index contributed by atoms with van der Waals surface area (Å²) in [5, 5.41) is 11.9. The molecule has 3 N–H and O–H groups in total. The van der Waals surface area contributed by atoms with E-state index in [9.17, 15) is 4.79 Å². The van der Waals surface area contributed by atoms with E-state index >= 15 is 0 Å². The number of nitrogens with zero attached hydrogens (tertiary/aromatic N) is 3. The number of azide groups is 1. The lowest BCUT2D eigenvalue weighted by molar-refractivity contribution is -0.138. The second-order valence-electron chi connectivity index (χ2n) is 3.46. The van der Waals surface area contributed by atoms with E-state index in [0.717, 1.165) is 32.1 Å². The Morgan fingerprint density at radius 1 is 1.33 bits per heavy atom. The first-order chi connectivity index (χ1) is 7.18. The van der Waals surface area contributed by atoms with Crippen LogP contribution in [0.1, 0.15) is 38.5 Å². The molecule has 0 heterocycles. The van der Waals surface area contributed by atoms with Gasteiger partial charge in [0.25, 0.3) is 0 Å². The topological polar surface area (TPSA) is 112 Å². The molecule has 0 bridgehead atoms. The summed E-state index contributed by atoms with van der Waals surface area (Å²) >= 11 is 0. The van der Waals surface area contributed by atoms with Crippen LogP contribution in [0, 0.1) is 0 Å². The molecule has 0 aromatic rings. The van der Waals surface area contributed by atoms with Crippen molar-refractivity contribution in [2.45, 2.75) is 44.6 Å². The Kier molecular flexibility index (Phi) is 8.52. The molecule has 0 fully saturated rings. The summed E-state index contributed by atoms with van der Waals surface area (Å²) in [7, 11) is 0. The number of unbranched alkanes of at least 4 members (excludes halogenated alkanes) is 4. The molecular formula is C9H18N4O2. The van der Waals surface area contributed by atoms with E-state index in [0.29, 0.717) is 13.0 Å². The molecule has 6 heteroatoms. The summed E-state index contributed by atoms with van der Waals surface area (Å²) in [6, 6.07) is -0.729. The van der Waals surface area contributed by atoms with Crippen molar-refractivity contribution in [1.82, 2.24) is 0 Å². The molecule has 0 aromatic heterocycles. The van der Waals surface area contributed by atoms with Gasteiger partial charge in [-0.15, -0.1) is 0 Å². The lowest BCUT2D eigenvalue weighted by Crippen LogP contribution is -2.29. The number of hydrogen-bond acceptors (Lipinski definition) is 3. The third-order valence-electron chi connectivity index (χ3n) is 2.15. The monoisotopic (exact) mass is 214 g/mol. The normalized spacial score (nSPS) is 11.8. The van der Waals surface area contributed by atoms with Crippen LogP contribution in [-0.4, -0.2) is 23.7 Å². The number of nitrogens with two attached hydrogens (primary N) is 1. The standard InChI is InChI=1S/C9H18N4O2/c10-8(9(14)15)6-4-2-1-3-5-7-12-13-11/h8H,1-7,10H2,(H,14,15). The van der Waals surface area contributed by atoms with E-state index in [4.69, 9.17) is 16.4 Å². The Morgan fingerprint density at radius 3 is 2.53 bits per heavy atom. The SMILES string of the molecule is [N-]=[N+]=NCCCCCCCC(N)C(=O)O. The van der Waals surface area contributed by atoms with Gasteiger partial charge in [0, 0.05) is 11.5 Å². The average Bonchev–Trinajstić information content (AvgIpc) is 2.21. The summed E-state index contributed by atoms with van der Waals surface area (Å²) < 4.78 is 0. The molecule has 1 unspecified atom stereocenters. The van der Waals surface area contributed by atoms with Gasteiger partial charge >= 0.3 is 5.97 Å². The van der Waals surface area contributed by atoms with Crippen molar-refractivity contribution in [3.05, 3.63) is 10.4 Å². The minimum absolute atomic E-state index is 0.533. The molecule has 0 radical (unpaired) electrons. The van der Waals surface area contributed by atoms with Crippen LogP contribution in [0.4, 0.5) is 0 Å². The highest BCUT2D eigenvalue weighted by Crippen LogP contribution is 2.06. The highest BCUT2D eigenvalue weighted by Gasteiger charge is 2.09. The summed E-state index contributed by atoms with van der Waals surface area (Å²) in [5.41, 5.74) is 13.4. The quantitative estimate of drug-likeness (QED) is 0.265. The fourth-order valence-electron chi connectivity index (χ4n) is 1.25. The number of aliphatic carboxylic acids is 1. The predicted octanol–water partition coefficient (Wildman–Crippen LogP) is 2.05. The number of rotatable bonds is 9. The minimum Gasteiger partial charge on any atom is -0.480 e. The fourth-order valence-corrected chi connectivity index (χ4v) is 1.25. The maximum atomic E-state index is 10.4. The highest BCUT2D eigenvalue weighted by molar-refractivity contribution is 5.72. The van der Waals surface area contributed by atoms with Crippen LogP contribution in [0.3, 0.4) is 0 Å². The van der Waals surface area contributed by atoms with Crippen molar-refractivity contribution in [3.63, 3.8) is 0 Å². The molecule has 0 rings (SSSR count). The highest BCUT2D eigenvalue weighted by atomic mass is 16.4. The van der Waals surface area contributed by atoms with Gasteiger partial charge in [-0.2, -0.15) is 0 Å². The molecule has 0 amide bonds. The summed E-state index contributed by atoms with van der Waals surface area (Å²) in [5.74, 6) is -0.932. The van der Waals surface area contributed by atoms with Crippen molar-refractivity contribution in [2.24, 2.45) is 10.8 Å². The van der Waals surface area contributed by atoms with Crippen molar-refractivity contribution in [3.8, 4) is 0 Å². The Balaban J connectivity index is 3.18. The molecule has 0 aliphatic rings. The first kappa shape index (κ1) is 13.7. The van der Waals surface area contributed by atoms with Crippen LogP contribution in [0.25, 0.3) is 10.4 Å². The molecule has 0 saturated carbocycles. The van der Waals surface area contributed by atoms with Gasteiger partial charge in [0.1, 0.15) is 6.04 Å². The van der Waals surface area contributed by atoms with Gasteiger partial charge in [0.15, 0.2) is 0 Å². The Labute approximate surface area is 89.1 Å². The van der Waals surface area contributed by atoms with Gasteiger partial charge in [-0.05, 0) is 18.4 Å². The van der Waals surface area contributed by atoms with Crippen LogP contribution in [0.2, 0.25) is 0 Å². The van der Waals surface area contributed by atoms with Crippen molar-refractivity contribution < 1.29 is 9.90 Å². The smallest absolute Gasteiger partial charge is 0.320 e. The van der Waals surface area contributed by atoms with Gasteiger partial charge in [-0.1, -0.05) is 30.8 Å². The fraction of sp³-hybridized carbons (Fsp3) is 0.889. The van der Waals surface area contributed by atoms with E-state index in [1.54, 1.807) is 0 Å². The third-order valence-corrected chi connectivity index (χ3v) is 2.15. The van der Waals surface area contributed by atoms with E-state index in [2.05, 4.69) is 10.0 Å². The lowest BCUT2D eigenvalue weighted by Gasteiger charge is -2.05. The van der Waals surface area contributed by atoms with Crippen LogP contribution in [0.5, 0.6) is 0 Å². The first-order valence-corrected chi connectivity index (χ1v) is 5.17. The van der Waals surface area contributed by atoms with Gasteiger partial charge in [-0.3, -0.25) is 4.79 Å². The lowest BCUT2D eigenvalue weighted by atomic mass is 10.1. The number of carboxylic acids is 1. The Hall–Kier alpha value is -1.26. The molecule has 15 heavy (non-hydrogen) atoms. The van der Waals surface area contributed by atoms with Crippen molar-refractivity contribution in [1.29, 1.82) is 0 Å². The largest absolute Gasteiger partial charge is 0.480 e. The van der Waals surface area contributed by atoms with Gasteiger partial charge in [0.2, 0.25) is 0 Å². The Morgan fingerprint density at radius 2 is 1.93 bits per heavy atom. The van der Waals surface area contributed by atoms with Crippen molar-refractivity contribution in [2.75, 3.05) is 6.54 Å². The van der Waals surface area contributed by atoms with E-state index < -0.39 is 12.0 Å². The van der Waals surface area contributed by atoms with Crippen LogP contribution in [-0.2, 0) is 4.79 Å². The maximum absolute atomic E-state index is 10.4. The molecule has 0 aliphatic heterocycles. The van der Waals surface area contributed by atoms with Crippen molar-refractivity contribution >= 4 is 5.97 Å². The van der Waals surface area contributed by atoms with Crippen LogP contribution < -0.4 is 5.73 Å². The maximum Gasteiger partial charge on any atom is 0.320 e. The molecule has 6 nitrogen and oxygen atoms in total. The van der Waals surface area contributed by atoms with Gasteiger partial charge in [0.05, 0.1) is 0 Å². The zero-order chi connectivity index (χ0) is 11.5. The zero-order valence-electron chi connectivity index (χ0n) is 8.80. The minimum atomic E-state index is -0.932.